The fraction of sp³-hybridized carbons (Fsp3) is 0.167. The third kappa shape index (κ3) is 2.72. The van der Waals surface area contributed by atoms with E-state index in [0.717, 1.165) is 22.2 Å². The summed E-state index contributed by atoms with van der Waals surface area (Å²) < 4.78 is 6.82. The predicted octanol–water partition coefficient (Wildman–Crippen LogP) is 4.89. The molecular formula is C18H16ClNO2. The Morgan fingerprint density at radius 2 is 1.86 bits per heavy atom. The number of benzene rings is 2. The maximum absolute atomic E-state index is 12.3. The van der Waals surface area contributed by atoms with Crippen LogP contribution in [0.1, 0.15) is 18.2 Å². The first-order valence-corrected chi connectivity index (χ1v) is 7.58. The number of aromatic nitrogens is 1. The molecule has 2 aromatic carbocycles. The Bertz CT molecular complexity index is 823. The summed E-state index contributed by atoms with van der Waals surface area (Å²) in [6, 6.07) is 17.4. The van der Waals surface area contributed by atoms with E-state index in [1.54, 1.807) is 11.5 Å². The van der Waals surface area contributed by atoms with Crippen LogP contribution in [0.5, 0.6) is 0 Å². The standard InChI is InChI=1S/C18H16ClNO2/c1-2-22-18(21)20-15(11-13-7-3-5-9-16(13)19)12-14-8-4-6-10-17(14)20/h3-10,12H,2,11H2,1H3. The van der Waals surface area contributed by atoms with E-state index in [4.69, 9.17) is 16.3 Å². The van der Waals surface area contributed by atoms with Crippen molar-refractivity contribution in [2.45, 2.75) is 13.3 Å². The van der Waals surface area contributed by atoms with Crippen molar-refractivity contribution in [3.8, 4) is 0 Å². The van der Waals surface area contributed by atoms with Gasteiger partial charge in [0, 0.05) is 22.5 Å². The topological polar surface area (TPSA) is 31.2 Å². The lowest BCUT2D eigenvalue weighted by Crippen LogP contribution is -2.16. The van der Waals surface area contributed by atoms with Gasteiger partial charge in [-0.25, -0.2) is 9.36 Å². The van der Waals surface area contributed by atoms with Crippen LogP contribution in [0.25, 0.3) is 10.9 Å². The molecule has 0 bridgehead atoms. The Kier molecular flexibility index (Phi) is 4.16. The zero-order chi connectivity index (χ0) is 15.5. The van der Waals surface area contributed by atoms with Crippen LogP contribution in [0.15, 0.2) is 54.6 Å². The summed E-state index contributed by atoms with van der Waals surface area (Å²) in [6.45, 7) is 2.15. The summed E-state index contributed by atoms with van der Waals surface area (Å²) in [5.74, 6) is 0. The molecule has 0 fully saturated rings. The van der Waals surface area contributed by atoms with Gasteiger partial charge in [0.25, 0.3) is 0 Å². The molecule has 0 radical (unpaired) electrons. The molecule has 0 aliphatic rings. The first-order valence-electron chi connectivity index (χ1n) is 7.20. The number of fused-ring (bicyclic) bond motifs is 1. The number of carbonyl (C=O) groups excluding carboxylic acids is 1. The highest BCUT2D eigenvalue weighted by Gasteiger charge is 2.16. The monoisotopic (exact) mass is 313 g/mol. The van der Waals surface area contributed by atoms with Gasteiger partial charge in [0.05, 0.1) is 12.1 Å². The number of ether oxygens (including phenoxy) is 1. The Morgan fingerprint density at radius 3 is 2.64 bits per heavy atom. The molecular weight excluding hydrogens is 298 g/mol. The summed E-state index contributed by atoms with van der Waals surface area (Å²) in [6.07, 6.45) is 0.221. The first-order chi connectivity index (χ1) is 10.7. The third-order valence-corrected chi connectivity index (χ3v) is 3.94. The Labute approximate surface area is 134 Å². The number of hydrogen-bond acceptors (Lipinski definition) is 2. The number of halogens is 1. The van der Waals surface area contributed by atoms with Gasteiger partial charge in [-0.05, 0) is 30.7 Å². The number of nitrogens with zero attached hydrogens (tertiary/aromatic N) is 1. The van der Waals surface area contributed by atoms with E-state index in [0.29, 0.717) is 18.1 Å². The molecule has 1 aromatic heterocycles. The molecule has 0 saturated heterocycles. The molecule has 0 N–H and O–H groups in total. The molecule has 3 aromatic rings. The molecule has 0 unspecified atom stereocenters. The lowest BCUT2D eigenvalue weighted by Gasteiger charge is -2.10. The van der Waals surface area contributed by atoms with Gasteiger partial charge in [-0.15, -0.1) is 0 Å². The number of carbonyl (C=O) groups is 1. The van der Waals surface area contributed by atoms with Crippen LogP contribution in [0.4, 0.5) is 4.79 Å². The van der Waals surface area contributed by atoms with Gasteiger partial charge in [-0.3, -0.25) is 0 Å². The van der Waals surface area contributed by atoms with E-state index < -0.39 is 0 Å². The maximum Gasteiger partial charge on any atom is 0.418 e. The van der Waals surface area contributed by atoms with Crippen molar-refractivity contribution in [2.24, 2.45) is 0 Å². The maximum atomic E-state index is 12.3. The molecule has 0 amide bonds. The summed E-state index contributed by atoms with van der Waals surface area (Å²) in [5, 5.41) is 1.71. The largest absolute Gasteiger partial charge is 0.449 e. The highest BCUT2D eigenvalue weighted by Crippen LogP contribution is 2.25. The van der Waals surface area contributed by atoms with E-state index in [1.807, 2.05) is 54.6 Å². The molecule has 0 saturated carbocycles. The van der Waals surface area contributed by atoms with Crippen LogP contribution >= 0.6 is 11.6 Å². The minimum absolute atomic E-state index is 0.344. The second-order valence-corrected chi connectivity index (χ2v) is 5.40. The van der Waals surface area contributed by atoms with Crippen LogP contribution in [0.3, 0.4) is 0 Å². The molecule has 1 heterocycles. The van der Waals surface area contributed by atoms with Crippen molar-refractivity contribution < 1.29 is 9.53 Å². The molecule has 112 valence electrons. The molecule has 4 heteroatoms. The Balaban J connectivity index is 2.10. The second-order valence-electron chi connectivity index (χ2n) is 5.00. The van der Waals surface area contributed by atoms with Gasteiger partial charge in [0.2, 0.25) is 0 Å². The van der Waals surface area contributed by atoms with E-state index in [1.165, 1.54) is 0 Å². The third-order valence-electron chi connectivity index (χ3n) is 3.57. The van der Waals surface area contributed by atoms with E-state index in [9.17, 15) is 4.79 Å². The van der Waals surface area contributed by atoms with E-state index in [2.05, 4.69) is 0 Å². The number of hydrogen-bond donors (Lipinski definition) is 0. The molecule has 3 nitrogen and oxygen atoms in total. The Morgan fingerprint density at radius 1 is 1.14 bits per heavy atom. The van der Waals surface area contributed by atoms with E-state index in [-0.39, 0.29) is 6.09 Å². The van der Waals surface area contributed by atoms with E-state index >= 15 is 0 Å². The fourth-order valence-electron chi connectivity index (χ4n) is 2.58. The lowest BCUT2D eigenvalue weighted by molar-refractivity contribution is 0.154. The molecule has 0 aliphatic carbocycles. The van der Waals surface area contributed by atoms with Crippen LogP contribution in [0.2, 0.25) is 5.02 Å². The normalized spacial score (nSPS) is 10.8. The molecule has 0 atom stereocenters. The molecule has 0 aliphatic heterocycles. The van der Waals surface area contributed by atoms with Crippen molar-refractivity contribution in [1.29, 1.82) is 0 Å². The number of rotatable bonds is 3. The van der Waals surface area contributed by atoms with Gasteiger partial charge in [-0.1, -0.05) is 48.0 Å². The first kappa shape index (κ1) is 14.7. The van der Waals surface area contributed by atoms with Crippen LogP contribution in [0, 0.1) is 0 Å². The fourth-order valence-corrected chi connectivity index (χ4v) is 2.79. The van der Waals surface area contributed by atoms with Gasteiger partial charge in [0.15, 0.2) is 0 Å². The zero-order valence-corrected chi connectivity index (χ0v) is 13.0. The van der Waals surface area contributed by atoms with Crippen LogP contribution in [-0.2, 0) is 11.2 Å². The highest BCUT2D eigenvalue weighted by atomic mass is 35.5. The molecule has 0 spiro atoms. The summed E-state index contributed by atoms with van der Waals surface area (Å²) in [7, 11) is 0. The lowest BCUT2D eigenvalue weighted by atomic mass is 10.1. The van der Waals surface area contributed by atoms with Gasteiger partial charge >= 0.3 is 6.09 Å². The Hall–Kier alpha value is -2.26. The summed E-state index contributed by atoms with van der Waals surface area (Å²) >= 11 is 6.24. The van der Waals surface area contributed by atoms with Crippen molar-refractivity contribution in [2.75, 3.05) is 6.61 Å². The van der Waals surface area contributed by atoms with Gasteiger partial charge in [-0.2, -0.15) is 0 Å². The quantitative estimate of drug-likeness (QED) is 0.689. The summed E-state index contributed by atoms with van der Waals surface area (Å²) in [4.78, 5) is 12.3. The average molecular weight is 314 g/mol. The number of para-hydroxylation sites is 1. The molecule has 3 rings (SSSR count). The minimum atomic E-state index is -0.356. The van der Waals surface area contributed by atoms with Crippen molar-refractivity contribution >= 4 is 28.6 Å². The minimum Gasteiger partial charge on any atom is -0.449 e. The van der Waals surface area contributed by atoms with Crippen LogP contribution < -0.4 is 0 Å². The van der Waals surface area contributed by atoms with Gasteiger partial charge in [0.1, 0.15) is 0 Å². The molecule has 22 heavy (non-hydrogen) atoms. The second kappa shape index (κ2) is 6.24. The highest BCUT2D eigenvalue weighted by molar-refractivity contribution is 6.31. The zero-order valence-electron chi connectivity index (χ0n) is 12.3. The van der Waals surface area contributed by atoms with Crippen molar-refractivity contribution in [3.63, 3.8) is 0 Å². The summed E-state index contributed by atoms with van der Waals surface area (Å²) in [5.41, 5.74) is 2.70. The van der Waals surface area contributed by atoms with Crippen molar-refractivity contribution in [3.05, 3.63) is 70.9 Å². The SMILES string of the molecule is CCOC(=O)n1c(Cc2ccccc2Cl)cc2ccccc21. The smallest absolute Gasteiger partial charge is 0.418 e. The van der Waals surface area contributed by atoms with Crippen molar-refractivity contribution in [1.82, 2.24) is 4.57 Å². The van der Waals surface area contributed by atoms with Gasteiger partial charge < -0.3 is 4.74 Å². The predicted molar refractivity (Wildman–Crippen MR) is 88.6 cm³/mol. The van der Waals surface area contributed by atoms with Crippen LogP contribution in [-0.4, -0.2) is 17.3 Å². The average Bonchev–Trinajstić information content (AvgIpc) is 2.88.